The molecule has 0 aliphatic carbocycles. The van der Waals surface area contributed by atoms with E-state index in [1.54, 1.807) is 111 Å². The number of carboxylic acid groups (broad SMARTS) is 6. The summed E-state index contributed by atoms with van der Waals surface area (Å²) in [5.74, 6) is -5.27. The predicted octanol–water partition coefficient (Wildman–Crippen LogP) is 9.24. The van der Waals surface area contributed by atoms with Gasteiger partial charge < -0.3 is 59.4 Å². The van der Waals surface area contributed by atoms with Gasteiger partial charge >= 0.3 is 35.8 Å². The number of aromatic nitrogens is 4. The summed E-state index contributed by atoms with van der Waals surface area (Å²) in [6, 6.07) is 37.8. The van der Waals surface area contributed by atoms with E-state index in [1.165, 1.54) is 47.5 Å². The second-order valence-electron chi connectivity index (χ2n) is 23.0. The molecule has 30 heteroatoms. The highest BCUT2D eigenvalue weighted by Crippen LogP contribution is 2.33. The quantitative estimate of drug-likeness (QED) is 0.0242. The first-order valence-electron chi connectivity index (χ1n) is 32.2. The van der Waals surface area contributed by atoms with Crippen LogP contribution < -0.4 is 28.7 Å². The van der Waals surface area contributed by atoms with Crippen molar-refractivity contribution in [3.05, 3.63) is 204 Å². The van der Waals surface area contributed by atoms with Gasteiger partial charge in [-0.1, -0.05) is 36.4 Å². The Morgan fingerprint density at radius 3 is 1.00 bits per heavy atom. The molecule has 2 aliphatic heterocycles. The molecule has 2 aromatic heterocycles. The number of carbonyl (C=O) groups is 10. The lowest BCUT2D eigenvalue weighted by Crippen LogP contribution is -2.50. The Labute approximate surface area is 595 Å². The molecule has 0 radical (unpaired) electrons. The lowest BCUT2D eigenvalue weighted by molar-refractivity contribution is -0.134. The molecule has 6 N–H and O–H groups in total. The number of carbonyl (C=O) groups excluding carboxylic acids is 4. The summed E-state index contributed by atoms with van der Waals surface area (Å²) in [6.45, 7) is 14.6. The van der Waals surface area contributed by atoms with E-state index in [1.807, 2.05) is 12.1 Å². The minimum absolute atomic E-state index is 0.0210. The molecule has 8 aromatic rings. The van der Waals surface area contributed by atoms with Crippen LogP contribution in [0.3, 0.4) is 0 Å². The van der Waals surface area contributed by atoms with Crippen molar-refractivity contribution in [3.8, 4) is 23.0 Å². The molecule has 6 aromatic carbocycles. The topological polar surface area (TPSA) is 378 Å². The van der Waals surface area contributed by atoms with Gasteiger partial charge in [0, 0.05) is 146 Å². The molecule has 104 heavy (non-hydrogen) atoms. The van der Waals surface area contributed by atoms with Gasteiger partial charge in [0.1, 0.15) is 11.6 Å². The minimum atomic E-state index is -1.26. The van der Waals surface area contributed by atoms with Crippen molar-refractivity contribution < 1.29 is 106 Å². The van der Waals surface area contributed by atoms with E-state index in [2.05, 4.69) is 43.6 Å². The van der Waals surface area contributed by atoms with Crippen LogP contribution in [-0.4, -0.2) is 211 Å². The Balaban J connectivity index is 0.000000248. The van der Waals surface area contributed by atoms with Gasteiger partial charge in [0.25, 0.3) is 11.8 Å². The van der Waals surface area contributed by atoms with E-state index in [0.717, 1.165) is 76.0 Å². The molecule has 2 aliphatic rings. The third-order valence-corrected chi connectivity index (χ3v) is 16.0. The number of halogens is 2. The number of nitrogens with zero attached hydrogens (tertiary/aromatic N) is 8. The molecule has 0 bridgehead atoms. The van der Waals surface area contributed by atoms with Crippen LogP contribution in [0, 0.1) is 11.6 Å². The van der Waals surface area contributed by atoms with E-state index >= 15 is 0 Å². The molecule has 2 fully saturated rings. The van der Waals surface area contributed by atoms with Gasteiger partial charge in [0.2, 0.25) is 0 Å². The molecule has 2 atom stereocenters. The summed E-state index contributed by atoms with van der Waals surface area (Å²) in [5.41, 5.74) is 3.09. The van der Waals surface area contributed by atoms with Crippen LogP contribution in [0.15, 0.2) is 170 Å². The molecule has 4 heterocycles. The average molecular weight is 1440 g/mol. The maximum absolute atomic E-state index is 14.2. The van der Waals surface area contributed by atoms with Crippen LogP contribution >= 0.6 is 0 Å². The first kappa shape index (κ1) is 80.5. The van der Waals surface area contributed by atoms with Crippen molar-refractivity contribution in [3.63, 3.8) is 0 Å². The summed E-state index contributed by atoms with van der Waals surface area (Å²) in [5, 5.41) is 57.7. The van der Waals surface area contributed by atoms with Crippen molar-refractivity contribution in [1.82, 2.24) is 29.4 Å². The number of hydrogen-bond donors (Lipinski definition) is 6. The molecular weight excluding hydrogens is 1360 g/mol. The minimum Gasteiger partial charge on any atom is -0.493 e. The molecule has 0 saturated carbocycles. The summed E-state index contributed by atoms with van der Waals surface area (Å²) >= 11 is 0. The van der Waals surface area contributed by atoms with E-state index < -0.39 is 47.5 Å². The fraction of sp³-hybridized carbons (Fsp3) is 0.270. The number of anilines is 2. The maximum atomic E-state index is 14.2. The van der Waals surface area contributed by atoms with E-state index in [-0.39, 0.29) is 35.5 Å². The fourth-order valence-electron chi connectivity index (χ4n) is 10.6. The Kier molecular flexibility index (Phi) is 30.6. The van der Waals surface area contributed by atoms with Gasteiger partial charge in [0.15, 0.2) is 46.2 Å². The van der Waals surface area contributed by atoms with Crippen LogP contribution in [-0.2, 0) is 28.8 Å². The van der Waals surface area contributed by atoms with E-state index in [4.69, 9.17) is 49.6 Å². The Morgan fingerprint density at radius 2 is 0.721 bits per heavy atom. The number of hydrogen-bond acceptors (Lipinski definition) is 20. The van der Waals surface area contributed by atoms with Crippen LogP contribution in [0.2, 0.25) is 0 Å². The zero-order valence-corrected chi connectivity index (χ0v) is 57.5. The summed E-state index contributed by atoms with van der Waals surface area (Å²) in [7, 11) is 3.13. The number of rotatable bonds is 24. The Bertz CT molecular complexity index is 4090. The molecule has 2 unspecified atom stereocenters. The zero-order chi connectivity index (χ0) is 76.2. The standard InChI is InChI=1S/2C31H33FN4O4.3C4H4O4/c2*1-21(13-18-40-28-12-9-24(22(2)37)19-29(28)39-3)34-14-16-35(17-15-34)30-26-11-10-25(32)20-27(26)36(33-30)31(38)23-7-5-4-6-8-23;3*5-3(6)1-2-4(7)8/h2*4-12,19-21H,13-18H2,1-3H3;3*1-2H,(H,5,6)(H,7,8)/b;;3*2-1+. The number of ether oxygens (including phenoxy) is 4. The summed E-state index contributed by atoms with van der Waals surface area (Å²) in [4.78, 5) is 116. The normalized spacial score (nSPS) is 13.5. The Morgan fingerprint density at radius 1 is 0.413 bits per heavy atom. The lowest BCUT2D eigenvalue weighted by atomic mass is 10.1. The third kappa shape index (κ3) is 24.1. The highest BCUT2D eigenvalue weighted by atomic mass is 19.1. The van der Waals surface area contributed by atoms with E-state index in [9.17, 15) is 56.7 Å². The van der Waals surface area contributed by atoms with Crippen LogP contribution in [0.1, 0.15) is 82.0 Å². The van der Waals surface area contributed by atoms with Crippen molar-refractivity contribution in [2.24, 2.45) is 0 Å². The first-order chi connectivity index (χ1) is 49.6. The van der Waals surface area contributed by atoms with Gasteiger partial charge in [-0.3, -0.25) is 29.0 Å². The van der Waals surface area contributed by atoms with Crippen molar-refractivity contribution in [2.75, 3.05) is 89.6 Å². The number of fused-ring (bicyclic) bond motifs is 2. The van der Waals surface area contributed by atoms with Crippen LogP contribution in [0.25, 0.3) is 21.8 Å². The molecule has 0 spiro atoms. The maximum Gasteiger partial charge on any atom is 0.328 e. The van der Waals surface area contributed by atoms with Gasteiger partial charge in [-0.05, 0) is 125 Å². The number of piperazine rings is 2. The van der Waals surface area contributed by atoms with Crippen molar-refractivity contribution in [2.45, 2.75) is 52.6 Å². The third-order valence-electron chi connectivity index (χ3n) is 16.0. The molecule has 28 nitrogen and oxygen atoms in total. The van der Waals surface area contributed by atoms with Crippen molar-refractivity contribution in [1.29, 1.82) is 0 Å². The average Bonchev–Trinajstić information content (AvgIpc) is 1.62. The lowest BCUT2D eigenvalue weighted by Gasteiger charge is -2.38. The number of methoxy groups -OCH3 is 2. The highest BCUT2D eigenvalue weighted by Gasteiger charge is 2.29. The molecular formula is C74H78F2N8O20. The molecule has 548 valence electrons. The summed E-state index contributed by atoms with van der Waals surface area (Å²) in [6.07, 6.45) is 4.99. The first-order valence-corrected chi connectivity index (χ1v) is 32.2. The smallest absolute Gasteiger partial charge is 0.328 e. The highest BCUT2D eigenvalue weighted by molar-refractivity contribution is 6.05. The second-order valence-corrected chi connectivity index (χ2v) is 23.0. The monoisotopic (exact) mass is 1440 g/mol. The number of ketones is 2. The molecule has 10 rings (SSSR count). The number of benzene rings is 6. The van der Waals surface area contributed by atoms with E-state index in [0.29, 0.717) is 118 Å². The van der Waals surface area contributed by atoms with Gasteiger partial charge in [-0.25, -0.2) is 37.5 Å². The number of aliphatic carboxylic acids is 6. The summed E-state index contributed by atoms with van der Waals surface area (Å²) < 4.78 is 53.7. The SMILES string of the molecule is COc1cc(C(C)=O)ccc1OCCC(C)N1CCN(c2nn(C(=O)c3ccccc3)c3cc(F)ccc23)CC1.COc1cc(C(C)=O)ccc1OCCC(C)N1CCN(c2nn(C(=O)c3ccccc3)c3cc(F)ccc23)CC1.O=C(O)/C=C/C(=O)O.O=C(O)/C=C/C(=O)O.O=C(O)/C=C/C(=O)O. The van der Waals surface area contributed by atoms with Gasteiger partial charge in [-0.15, -0.1) is 10.2 Å². The largest absolute Gasteiger partial charge is 0.493 e. The zero-order valence-electron chi connectivity index (χ0n) is 57.5. The second kappa shape index (κ2) is 39.5. The fourth-order valence-corrected chi connectivity index (χ4v) is 10.6. The number of carboxylic acids is 6. The van der Waals surface area contributed by atoms with Crippen LogP contribution in [0.4, 0.5) is 20.4 Å². The number of Topliss-reactive ketones (excluding diaryl/α,β-unsaturated/α-hetero) is 2. The predicted molar refractivity (Wildman–Crippen MR) is 378 cm³/mol. The van der Waals surface area contributed by atoms with Gasteiger partial charge in [-0.2, -0.15) is 9.36 Å². The van der Waals surface area contributed by atoms with Crippen molar-refractivity contribution >= 4 is 92.6 Å². The molecule has 0 amide bonds. The Hall–Kier alpha value is -12.4. The molecule has 2 saturated heterocycles. The van der Waals surface area contributed by atoms with Crippen LogP contribution in [0.5, 0.6) is 23.0 Å². The van der Waals surface area contributed by atoms with Gasteiger partial charge in [0.05, 0.1) is 38.5 Å².